The van der Waals surface area contributed by atoms with E-state index in [1.807, 2.05) is 0 Å². The number of nitrogens with zero attached hydrogens (tertiary/aromatic N) is 1. The number of nitrogen functional groups attached to an aromatic ring is 1. The van der Waals surface area contributed by atoms with Crippen LogP contribution in [0.1, 0.15) is 15.9 Å². The topological polar surface area (TPSA) is 55.6 Å². The minimum Gasteiger partial charge on any atom is -0.497 e. The van der Waals surface area contributed by atoms with E-state index in [1.54, 1.807) is 61.5 Å². The van der Waals surface area contributed by atoms with E-state index in [2.05, 4.69) is 0 Å². The fraction of sp³-hybridized carbons (Fsp3) is 0.188. The van der Waals surface area contributed by atoms with E-state index in [1.165, 1.54) is 0 Å². The molecule has 0 bridgehead atoms. The molecular weight excluding hydrogens is 288 g/mol. The normalized spacial score (nSPS) is 10.2. The van der Waals surface area contributed by atoms with Gasteiger partial charge in [0, 0.05) is 29.9 Å². The molecule has 0 radical (unpaired) electrons. The summed E-state index contributed by atoms with van der Waals surface area (Å²) in [5.74, 6) is 0.545. The smallest absolute Gasteiger partial charge is 0.254 e. The van der Waals surface area contributed by atoms with Gasteiger partial charge in [0.15, 0.2) is 0 Å². The first-order valence-corrected chi connectivity index (χ1v) is 6.82. The summed E-state index contributed by atoms with van der Waals surface area (Å²) >= 11 is 6.13. The average Bonchev–Trinajstić information content (AvgIpc) is 2.50. The molecule has 2 rings (SSSR count). The fourth-order valence-electron chi connectivity index (χ4n) is 2.02. The van der Waals surface area contributed by atoms with Gasteiger partial charge in [0.2, 0.25) is 0 Å². The van der Waals surface area contributed by atoms with E-state index in [0.29, 0.717) is 28.6 Å². The third-order valence-electron chi connectivity index (χ3n) is 3.14. The summed E-state index contributed by atoms with van der Waals surface area (Å²) in [5, 5.41) is 0.592. The number of hydrogen-bond acceptors (Lipinski definition) is 3. The number of hydrogen-bond donors (Lipinski definition) is 1. The molecule has 0 aliphatic heterocycles. The number of amides is 1. The molecule has 1 amide bonds. The van der Waals surface area contributed by atoms with Crippen LogP contribution in [0, 0.1) is 0 Å². The van der Waals surface area contributed by atoms with Gasteiger partial charge < -0.3 is 15.4 Å². The predicted octanol–water partition coefficient (Wildman–Crippen LogP) is 3.20. The Bertz CT molecular complexity index is 658. The number of ether oxygens (including phenoxy) is 1. The lowest BCUT2D eigenvalue weighted by atomic mass is 10.1. The molecule has 0 aliphatic rings. The fourth-order valence-corrected chi connectivity index (χ4v) is 2.20. The van der Waals surface area contributed by atoms with Gasteiger partial charge in [0.25, 0.3) is 5.91 Å². The first-order valence-electron chi connectivity index (χ1n) is 6.44. The quantitative estimate of drug-likeness (QED) is 0.883. The van der Waals surface area contributed by atoms with Gasteiger partial charge in [-0.25, -0.2) is 0 Å². The molecule has 0 spiro atoms. The second-order valence-electron chi connectivity index (χ2n) is 4.74. The maximum absolute atomic E-state index is 12.4. The van der Waals surface area contributed by atoms with Crippen LogP contribution in [0.3, 0.4) is 0 Å². The highest BCUT2D eigenvalue weighted by Crippen LogP contribution is 2.21. The first kappa shape index (κ1) is 15.2. The summed E-state index contributed by atoms with van der Waals surface area (Å²) in [5.41, 5.74) is 7.75. The van der Waals surface area contributed by atoms with Crippen molar-refractivity contribution in [3.63, 3.8) is 0 Å². The summed E-state index contributed by atoms with van der Waals surface area (Å²) in [4.78, 5) is 14.0. The van der Waals surface area contributed by atoms with Crippen LogP contribution in [0.25, 0.3) is 0 Å². The summed E-state index contributed by atoms with van der Waals surface area (Å²) in [6, 6.07) is 12.3. The summed E-state index contributed by atoms with van der Waals surface area (Å²) in [7, 11) is 3.29. The molecule has 5 heteroatoms. The SMILES string of the molecule is COc1cccc(C(=O)N(C)Cc2cc(N)ccc2Cl)c1. The van der Waals surface area contributed by atoms with Crippen LogP contribution in [-0.4, -0.2) is 25.0 Å². The highest BCUT2D eigenvalue weighted by Gasteiger charge is 2.14. The second-order valence-corrected chi connectivity index (χ2v) is 5.15. The van der Waals surface area contributed by atoms with Crippen LogP contribution in [0.15, 0.2) is 42.5 Å². The van der Waals surface area contributed by atoms with Gasteiger partial charge in [0.05, 0.1) is 7.11 Å². The molecule has 2 aromatic rings. The van der Waals surface area contributed by atoms with Gasteiger partial charge in [-0.1, -0.05) is 17.7 Å². The molecule has 2 N–H and O–H groups in total. The number of halogens is 1. The lowest BCUT2D eigenvalue weighted by Gasteiger charge is -2.18. The molecule has 21 heavy (non-hydrogen) atoms. The van der Waals surface area contributed by atoms with Gasteiger partial charge in [-0.15, -0.1) is 0 Å². The molecule has 4 nitrogen and oxygen atoms in total. The van der Waals surface area contributed by atoms with Crippen LogP contribution in [0.2, 0.25) is 5.02 Å². The van der Waals surface area contributed by atoms with E-state index >= 15 is 0 Å². The largest absolute Gasteiger partial charge is 0.497 e. The summed E-state index contributed by atoms with van der Waals surface area (Å²) < 4.78 is 5.13. The molecule has 0 aliphatic carbocycles. The monoisotopic (exact) mass is 304 g/mol. The van der Waals surface area contributed by atoms with Crippen LogP contribution < -0.4 is 10.5 Å². The molecule has 0 unspecified atom stereocenters. The Hall–Kier alpha value is -2.20. The maximum Gasteiger partial charge on any atom is 0.254 e. The second kappa shape index (κ2) is 6.50. The zero-order valence-corrected chi connectivity index (χ0v) is 12.7. The number of benzene rings is 2. The molecule has 0 atom stereocenters. The molecule has 110 valence electrons. The average molecular weight is 305 g/mol. The highest BCUT2D eigenvalue weighted by atomic mass is 35.5. The van der Waals surface area contributed by atoms with Gasteiger partial charge in [0.1, 0.15) is 5.75 Å². The lowest BCUT2D eigenvalue weighted by Crippen LogP contribution is -2.26. The minimum absolute atomic E-state index is 0.104. The number of anilines is 1. The third kappa shape index (κ3) is 3.67. The van der Waals surface area contributed by atoms with Crippen molar-refractivity contribution in [3.05, 3.63) is 58.6 Å². The Morgan fingerprint density at radius 3 is 2.76 bits per heavy atom. The van der Waals surface area contributed by atoms with Gasteiger partial charge >= 0.3 is 0 Å². The van der Waals surface area contributed by atoms with Crippen molar-refractivity contribution < 1.29 is 9.53 Å². The number of methoxy groups -OCH3 is 1. The zero-order valence-electron chi connectivity index (χ0n) is 12.0. The number of nitrogens with two attached hydrogens (primary N) is 1. The Balaban J connectivity index is 2.17. The lowest BCUT2D eigenvalue weighted by molar-refractivity contribution is 0.0785. The minimum atomic E-state index is -0.104. The summed E-state index contributed by atoms with van der Waals surface area (Å²) in [6.45, 7) is 0.389. The zero-order chi connectivity index (χ0) is 15.4. The third-order valence-corrected chi connectivity index (χ3v) is 3.51. The predicted molar refractivity (Wildman–Crippen MR) is 84.7 cm³/mol. The Morgan fingerprint density at radius 2 is 2.05 bits per heavy atom. The van der Waals surface area contributed by atoms with Crippen molar-refractivity contribution in [3.8, 4) is 5.75 Å². The van der Waals surface area contributed by atoms with Crippen LogP contribution in [0.4, 0.5) is 5.69 Å². The van der Waals surface area contributed by atoms with Crippen molar-refractivity contribution >= 4 is 23.2 Å². The van der Waals surface area contributed by atoms with E-state index in [9.17, 15) is 4.79 Å². The van der Waals surface area contributed by atoms with Crippen molar-refractivity contribution in [1.29, 1.82) is 0 Å². The molecule has 0 saturated heterocycles. The van der Waals surface area contributed by atoms with Gasteiger partial charge in [-0.3, -0.25) is 4.79 Å². The standard InChI is InChI=1S/C16H17ClN2O2/c1-19(10-12-8-13(18)6-7-15(12)17)16(20)11-4-3-5-14(9-11)21-2/h3-9H,10,18H2,1-2H3. The number of rotatable bonds is 4. The summed E-state index contributed by atoms with van der Waals surface area (Å²) in [6.07, 6.45) is 0. The highest BCUT2D eigenvalue weighted by molar-refractivity contribution is 6.31. The molecule has 0 saturated carbocycles. The van der Waals surface area contributed by atoms with Crippen LogP contribution >= 0.6 is 11.6 Å². The molecule has 0 fully saturated rings. The number of carbonyl (C=O) groups is 1. The molecule has 0 heterocycles. The van der Waals surface area contributed by atoms with E-state index in [0.717, 1.165) is 5.56 Å². The van der Waals surface area contributed by atoms with E-state index in [4.69, 9.17) is 22.1 Å². The maximum atomic E-state index is 12.4. The number of carbonyl (C=O) groups excluding carboxylic acids is 1. The van der Waals surface area contributed by atoms with E-state index < -0.39 is 0 Å². The Kier molecular flexibility index (Phi) is 4.70. The van der Waals surface area contributed by atoms with Crippen molar-refractivity contribution in [2.45, 2.75) is 6.54 Å². The van der Waals surface area contributed by atoms with Crippen molar-refractivity contribution in [2.75, 3.05) is 19.9 Å². The van der Waals surface area contributed by atoms with E-state index in [-0.39, 0.29) is 5.91 Å². The molecular formula is C16H17ClN2O2. The van der Waals surface area contributed by atoms with Gasteiger partial charge in [-0.05, 0) is 42.0 Å². The molecule has 2 aromatic carbocycles. The van der Waals surface area contributed by atoms with Crippen LogP contribution in [-0.2, 0) is 6.54 Å². The van der Waals surface area contributed by atoms with Crippen molar-refractivity contribution in [2.24, 2.45) is 0 Å². The Labute approximate surface area is 129 Å². The van der Waals surface area contributed by atoms with Crippen molar-refractivity contribution in [1.82, 2.24) is 4.90 Å². The molecule has 0 aromatic heterocycles. The Morgan fingerprint density at radius 1 is 1.29 bits per heavy atom. The van der Waals surface area contributed by atoms with Gasteiger partial charge in [-0.2, -0.15) is 0 Å². The first-order chi connectivity index (χ1) is 10.0. The van der Waals surface area contributed by atoms with Crippen LogP contribution in [0.5, 0.6) is 5.75 Å².